The molecule has 1 amide bonds. The van der Waals surface area contributed by atoms with Crippen molar-refractivity contribution in [3.8, 4) is 0 Å². The van der Waals surface area contributed by atoms with E-state index in [0.717, 1.165) is 0 Å². The number of carbonyl (C=O) groups excluding carboxylic acids is 1. The van der Waals surface area contributed by atoms with Crippen LogP contribution in [0.2, 0.25) is 0 Å². The van der Waals surface area contributed by atoms with Crippen LogP contribution >= 0.6 is 0 Å². The Morgan fingerprint density at radius 3 is 2.52 bits per heavy atom. The number of amides is 1. The first-order valence-electron chi connectivity index (χ1n) is 6.65. The molecular weight excluding hydrogens is 276 g/mol. The van der Waals surface area contributed by atoms with Crippen LogP contribution < -0.4 is 5.32 Å². The third-order valence-electron chi connectivity index (χ3n) is 2.78. The molecule has 118 valence electrons. The zero-order chi connectivity index (χ0) is 16.2. The first-order chi connectivity index (χ1) is 9.67. The Balaban J connectivity index is 3.05. The van der Waals surface area contributed by atoms with E-state index in [4.69, 9.17) is 9.84 Å². The van der Waals surface area contributed by atoms with Crippen molar-refractivity contribution >= 4 is 11.9 Å². The van der Waals surface area contributed by atoms with Crippen LogP contribution in [0.3, 0.4) is 0 Å². The van der Waals surface area contributed by atoms with Crippen molar-refractivity contribution in [2.45, 2.75) is 45.7 Å². The third kappa shape index (κ3) is 4.52. The number of ether oxygens (including phenoxy) is 1. The zero-order valence-corrected chi connectivity index (χ0v) is 13.0. The highest BCUT2D eigenvalue weighted by molar-refractivity contribution is 5.87. The van der Waals surface area contributed by atoms with E-state index in [2.05, 4.69) is 15.6 Å². The van der Waals surface area contributed by atoms with E-state index >= 15 is 0 Å². The molecule has 1 rings (SSSR count). The van der Waals surface area contributed by atoms with Gasteiger partial charge in [-0.25, -0.2) is 9.48 Å². The molecule has 2 N–H and O–H groups in total. The van der Waals surface area contributed by atoms with Gasteiger partial charge in [0.05, 0.1) is 12.3 Å². The summed E-state index contributed by atoms with van der Waals surface area (Å²) in [6, 6.07) is -0.656. The Labute approximate surface area is 123 Å². The van der Waals surface area contributed by atoms with Crippen molar-refractivity contribution < 1.29 is 19.4 Å². The predicted octanol–water partition coefficient (Wildman–Crippen LogP) is 0.641. The van der Waals surface area contributed by atoms with E-state index < -0.39 is 12.0 Å². The minimum absolute atomic E-state index is 0.151. The number of carboxylic acids is 1. The van der Waals surface area contributed by atoms with E-state index in [9.17, 15) is 9.59 Å². The largest absolute Gasteiger partial charge is 0.476 e. The fourth-order valence-electron chi connectivity index (χ4n) is 1.81. The van der Waals surface area contributed by atoms with Crippen molar-refractivity contribution in [1.29, 1.82) is 0 Å². The van der Waals surface area contributed by atoms with Crippen LogP contribution in [0.1, 0.15) is 49.9 Å². The van der Waals surface area contributed by atoms with Crippen LogP contribution in [0.5, 0.6) is 0 Å². The molecule has 21 heavy (non-hydrogen) atoms. The number of hydrogen-bond donors (Lipinski definition) is 2. The van der Waals surface area contributed by atoms with Gasteiger partial charge in [0.15, 0.2) is 5.69 Å². The molecule has 1 unspecified atom stereocenters. The summed E-state index contributed by atoms with van der Waals surface area (Å²) < 4.78 is 6.30. The fraction of sp³-hybridized carbons (Fsp3) is 0.692. The van der Waals surface area contributed by atoms with Crippen molar-refractivity contribution in [3.63, 3.8) is 0 Å². The van der Waals surface area contributed by atoms with Gasteiger partial charge in [0.2, 0.25) is 5.91 Å². The summed E-state index contributed by atoms with van der Waals surface area (Å²) in [7, 11) is 1.52. The second-order valence-electron chi connectivity index (χ2n) is 5.79. The lowest BCUT2D eigenvalue weighted by molar-refractivity contribution is -0.125. The molecule has 0 aromatic carbocycles. The third-order valence-corrected chi connectivity index (χ3v) is 2.78. The molecule has 1 aromatic heterocycles. The Hall–Kier alpha value is -1.96. The van der Waals surface area contributed by atoms with E-state index in [1.54, 1.807) is 6.92 Å². The highest BCUT2D eigenvalue weighted by Crippen LogP contribution is 2.15. The molecule has 0 radical (unpaired) electrons. The smallest absolute Gasteiger partial charge is 0.358 e. The van der Waals surface area contributed by atoms with Crippen molar-refractivity contribution in [3.05, 3.63) is 11.4 Å². The maximum atomic E-state index is 12.2. The average Bonchev–Trinajstić information content (AvgIpc) is 2.76. The first-order valence-corrected chi connectivity index (χ1v) is 6.65. The number of methoxy groups -OCH3 is 1. The lowest BCUT2D eigenvalue weighted by atomic mass is 10.1. The highest BCUT2D eigenvalue weighted by Gasteiger charge is 2.27. The van der Waals surface area contributed by atoms with Gasteiger partial charge >= 0.3 is 5.97 Å². The minimum Gasteiger partial charge on any atom is -0.476 e. The Morgan fingerprint density at radius 2 is 2.05 bits per heavy atom. The molecule has 1 heterocycles. The summed E-state index contributed by atoms with van der Waals surface area (Å²) in [6.07, 6.45) is 0.318. The van der Waals surface area contributed by atoms with Crippen LogP contribution in [0.15, 0.2) is 0 Å². The molecule has 0 aliphatic heterocycles. The minimum atomic E-state index is -1.17. The number of hydrogen-bond acceptors (Lipinski definition) is 5. The summed E-state index contributed by atoms with van der Waals surface area (Å²) in [5.41, 5.74) is -0.155. The highest BCUT2D eigenvalue weighted by atomic mass is 16.5. The summed E-state index contributed by atoms with van der Waals surface area (Å²) in [4.78, 5) is 23.3. The quantitative estimate of drug-likeness (QED) is 0.798. The molecular formula is C13H22N4O4. The molecule has 0 saturated carbocycles. The second kappa shape index (κ2) is 6.66. The molecule has 0 bridgehead atoms. The summed E-state index contributed by atoms with van der Waals surface area (Å²) in [5.74, 6) is -1.42. The van der Waals surface area contributed by atoms with Crippen molar-refractivity contribution in [2.24, 2.45) is 0 Å². The topological polar surface area (TPSA) is 106 Å². The second-order valence-corrected chi connectivity index (χ2v) is 5.79. The van der Waals surface area contributed by atoms with Gasteiger partial charge in [-0.3, -0.25) is 4.79 Å². The van der Waals surface area contributed by atoms with Gasteiger partial charge in [-0.1, -0.05) is 5.21 Å². The molecule has 8 nitrogen and oxygen atoms in total. The lowest BCUT2D eigenvalue weighted by Crippen LogP contribution is -2.44. The molecule has 0 aliphatic carbocycles. The molecule has 1 aromatic rings. The van der Waals surface area contributed by atoms with E-state index in [-0.39, 0.29) is 17.1 Å². The molecule has 0 saturated heterocycles. The number of aromatic carboxylic acids is 1. The Morgan fingerprint density at radius 1 is 1.43 bits per heavy atom. The number of aromatic nitrogens is 3. The van der Waals surface area contributed by atoms with Crippen LogP contribution in [-0.2, 0) is 16.0 Å². The normalized spacial score (nSPS) is 13.0. The molecule has 8 heteroatoms. The van der Waals surface area contributed by atoms with Crippen LogP contribution in [0.25, 0.3) is 0 Å². The number of nitrogens with one attached hydrogen (secondary N) is 1. The number of nitrogens with zero attached hydrogens (tertiary/aromatic N) is 3. The van der Waals surface area contributed by atoms with Gasteiger partial charge < -0.3 is 15.2 Å². The van der Waals surface area contributed by atoms with Gasteiger partial charge in [-0.05, 0) is 27.7 Å². The van der Waals surface area contributed by atoms with Gasteiger partial charge in [0.1, 0.15) is 6.04 Å². The standard InChI is InChI=1S/C13H22N4O4/c1-8(11(18)14-13(2,3)4)17-9(6-7-21-5)10(12(19)20)15-16-17/h8H,6-7H2,1-5H3,(H,14,18)(H,19,20). The van der Waals surface area contributed by atoms with E-state index in [1.165, 1.54) is 11.8 Å². The number of carbonyl (C=O) groups is 2. The van der Waals surface area contributed by atoms with E-state index in [1.807, 2.05) is 20.8 Å². The predicted molar refractivity (Wildman–Crippen MR) is 75.2 cm³/mol. The maximum Gasteiger partial charge on any atom is 0.358 e. The maximum absolute atomic E-state index is 12.2. The van der Waals surface area contributed by atoms with Gasteiger partial charge in [0, 0.05) is 19.1 Å². The van der Waals surface area contributed by atoms with Gasteiger partial charge in [-0.2, -0.15) is 0 Å². The van der Waals surface area contributed by atoms with Crippen LogP contribution in [0, 0.1) is 0 Å². The van der Waals surface area contributed by atoms with E-state index in [0.29, 0.717) is 18.7 Å². The average molecular weight is 298 g/mol. The van der Waals surface area contributed by atoms with Crippen molar-refractivity contribution in [1.82, 2.24) is 20.3 Å². The molecule has 0 aliphatic rings. The van der Waals surface area contributed by atoms with Crippen molar-refractivity contribution in [2.75, 3.05) is 13.7 Å². The summed E-state index contributed by atoms with van der Waals surface area (Å²) >= 11 is 0. The SMILES string of the molecule is COCCc1c(C(=O)O)nnn1C(C)C(=O)NC(C)(C)C. The first kappa shape index (κ1) is 17.1. The fourth-order valence-corrected chi connectivity index (χ4v) is 1.81. The van der Waals surface area contributed by atoms with Crippen LogP contribution in [0.4, 0.5) is 0 Å². The van der Waals surface area contributed by atoms with Gasteiger partial charge in [0.25, 0.3) is 0 Å². The van der Waals surface area contributed by atoms with Gasteiger partial charge in [-0.15, -0.1) is 5.10 Å². The zero-order valence-electron chi connectivity index (χ0n) is 13.0. The summed E-state index contributed by atoms with van der Waals surface area (Å²) in [5, 5.41) is 19.4. The number of carboxylic acid groups (broad SMARTS) is 1. The number of rotatable bonds is 6. The monoisotopic (exact) mass is 298 g/mol. The Bertz CT molecular complexity index is 519. The molecule has 1 atom stereocenters. The van der Waals surface area contributed by atoms with Crippen LogP contribution in [-0.4, -0.2) is 51.2 Å². The summed E-state index contributed by atoms with van der Waals surface area (Å²) in [6.45, 7) is 7.58. The Kier molecular flexibility index (Phi) is 5.42. The lowest BCUT2D eigenvalue weighted by Gasteiger charge is -2.23. The molecule has 0 spiro atoms. The molecule has 0 fully saturated rings.